The Morgan fingerprint density at radius 3 is 2.68 bits per heavy atom. The fraction of sp³-hybridized carbons (Fsp3) is 0.550. The molecule has 138 valence electrons. The molecule has 2 N–H and O–H groups in total. The molecule has 1 saturated heterocycles. The molecule has 1 aromatic carbocycles. The van der Waals surface area contributed by atoms with Gasteiger partial charge in [-0.05, 0) is 38.0 Å². The molecule has 1 fully saturated rings. The van der Waals surface area contributed by atoms with E-state index in [9.17, 15) is 4.79 Å². The molecule has 0 unspecified atom stereocenters. The zero-order valence-electron chi connectivity index (χ0n) is 15.5. The SMILES string of the molecule is C=CCc1ccc(OCC(=O)OC(C)(C)C2CC[NH2+]CC2)c(OC)c1. The number of ether oxygens (including phenoxy) is 3. The van der Waals surface area contributed by atoms with E-state index in [-0.39, 0.29) is 12.6 Å². The molecule has 0 bridgehead atoms. The van der Waals surface area contributed by atoms with Crippen molar-refractivity contribution < 1.29 is 24.3 Å². The van der Waals surface area contributed by atoms with Crippen LogP contribution < -0.4 is 14.8 Å². The summed E-state index contributed by atoms with van der Waals surface area (Å²) in [6.07, 6.45) is 4.73. The normalized spacial score (nSPS) is 15.5. The van der Waals surface area contributed by atoms with Crippen molar-refractivity contribution in [3.05, 3.63) is 36.4 Å². The number of carbonyl (C=O) groups excluding carboxylic acids is 1. The van der Waals surface area contributed by atoms with Gasteiger partial charge in [-0.2, -0.15) is 0 Å². The number of piperidine rings is 1. The van der Waals surface area contributed by atoms with Crippen molar-refractivity contribution in [2.45, 2.75) is 38.7 Å². The monoisotopic (exact) mass is 348 g/mol. The van der Waals surface area contributed by atoms with Gasteiger partial charge in [0.1, 0.15) is 5.60 Å². The van der Waals surface area contributed by atoms with Gasteiger partial charge in [-0.15, -0.1) is 6.58 Å². The van der Waals surface area contributed by atoms with Gasteiger partial charge in [0.2, 0.25) is 0 Å². The standard InChI is InChI=1S/C20H29NO4/c1-5-6-15-7-8-17(18(13-15)23-4)24-14-19(22)25-20(2,3)16-9-11-21-12-10-16/h5,7-8,13,16,21H,1,6,9-12,14H2,2-4H3/p+1. The lowest BCUT2D eigenvalue weighted by Gasteiger charge is -2.35. The number of carbonyl (C=O) groups is 1. The lowest BCUT2D eigenvalue weighted by atomic mass is 9.83. The Labute approximate surface area is 150 Å². The highest BCUT2D eigenvalue weighted by Crippen LogP contribution is 2.30. The quantitative estimate of drug-likeness (QED) is 0.577. The molecule has 0 amide bonds. The zero-order chi connectivity index (χ0) is 18.3. The largest absolute Gasteiger partial charge is 0.493 e. The van der Waals surface area contributed by atoms with Gasteiger partial charge in [0.15, 0.2) is 18.1 Å². The predicted molar refractivity (Wildman–Crippen MR) is 96.9 cm³/mol. The summed E-state index contributed by atoms with van der Waals surface area (Å²) < 4.78 is 16.7. The average molecular weight is 348 g/mol. The summed E-state index contributed by atoms with van der Waals surface area (Å²) in [6, 6.07) is 5.64. The fourth-order valence-corrected chi connectivity index (χ4v) is 3.29. The number of hydrogen-bond donors (Lipinski definition) is 1. The summed E-state index contributed by atoms with van der Waals surface area (Å²) in [7, 11) is 1.58. The van der Waals surface area contributed by atoms with Crippen LogP contribution in [0.5, 0.6) is 11.5 Å². The number of rotatable bonds is 8. The second-order valence-corrected chi connectivity index (χ2v) is 6.98. The Bertz CT molecular complexity index is 591. The van der Waals surface area contributed by atoms with Crippen LogP contribution in [0.25, 0.3) is 0 Å². The molecule has 5 nitrogen and oxygen atoms in total. The van der Waals surface area contributed by atoms with E-state index in [1.54, 1.807) is 7.11 Å². The van der Waals surface area contributed by atoms with Crippen LogP contribution in [0.15, 0.2) is 30.9 Å². The molecule has 1 aliphatic rings. The van der Waals surface area contributed by atoms with E-state index in [1.807, 2.05) is 38.1 Å². The van der Waals surface area contributed by atoms with Crippen molar-refractivity contribution in [3.8, 4) is 11.5 Å². The molecule has 0 radical (unpaired) electrons. The van der Waals surface area contributed by atoms with Gasteiger partial charge in [0.25, 0.3) is 0 Å². The van der Waals surface area contributed by atoms with Crippen LogP contribution in [0.1, 0.15) is 32.3 Å². The summed E-state index contributed by atoms with van der Waals surface area (Å²) in [6.45, 7) is 9.78. The van der Waals surface area contributed by atoms with Crippen molar-refractivity contribution >= 4 is 5.97 Å². The Kier molecular flexibility index (Phi) is 6.88. The van der Waals surface area contributed by atoms with Gasteiger partial charge in [-0.25, -0.2) is 4.79 Å². The minimum atomic E-state index is -0.466. The zero-order valence-corrected chi connectivity index (χ0v) is 15.5. The van der Waals surface area contributed by atoms with E-state index < -0.39 is 5.60 Å². The predicted octanol–water partition coefficient (Wildman–Crippen LogP) is 2.10. The maximum atomic E-state index is 12.2. The topological polar surface area (TPSA) is 61.4 Å². The van der Waals surface area contributed by atoms with Crippen molar-refractivity contribution in [1.82, 2.24) is 0 Å². The van der Waals surface area contributed by atoms with Crippen LogP contribution in [0.4, 0.5) is 0 Å². The van der Waals surface area contributed by atoms with E-state index in [0.29, 0.717) is 17.4 Å². The van der Waals surface area contributed by atoms with Crippen LogP contribution in [0.3, 0.4) is 0 Å². The number of hydrogen-bond acceptors (Lipinski definition) is 4. The maximum absolute atomic E-state index is 12.2. The Balaban J connectivity index is 1.91. The second-order valence-electron chi connectivity index (χ2n) is 6.98. The Hall–Kier alpha value is -2.01. The van der Waals surface area contributed by atoms with Crippen molar-refractivity contribution in [2.75, 3.05) is 26.8 Å². The molecule has 0 aromatic heterocycles. The van der Waals surface area contributed by atoms with Gasteiger partial charge in [-0.1, -0.05) is 12.1 Å². The molecule has 0 atom stereocenters. The molecule has 25 heavy (non-hydrogen) atoms. The van der Waals surface area contributed by atoms with Gasteiger partial charge >= 0.3 is 5.97 Å². The minimum Gasteiger partial charge on any atom is -0.493 e. The highest BCUT2D eigenvalue weighted by atomic mass is 16.6. The van der Waals surface area contributed by atoms with E-state index >= 15 is 0 Å². The van der Waals surface area contributed by atoms with E-state index in [0.717, 1.165) is 37.9 Å². The fourth-order valence-electron chi connectivity index (χ4n) is 3.29. The van der Waals surface area contributed by atoms with Gasteiger partial charge in [0.05, 0.1) is 20.2 Å². The number of esters is 1. The number of nitrogens with two attached hydrogens (primary N) is 1. The highest BCUT2D eigenvalue weighted by molar-refractivity contribution is 5.71. The molecule has 1 aliphatic heterocycles. The number of allylic oxidation sites excluding steroid dienone is 1. The maximum Gasteiger partial charge on any atom is 0.344 e. The van der Waals surface area contributed by atoms with E-state index in [4.69, 9.17) is 14.2 Å². The second kappa shape index (κ2) is 8.90. The summed E-state index contributed by atoms with van der Waals surface area (Å²) in [5.41, 5.74) is 0.615. The van der Waals surface area contributed by atoms with E-state index in [2.05, 4.69) is 11.9 Å². The molecule has 0 spiro atoms. The third-order valence-electron chi connectivity index (χ3n) is 4.75. The van der Waals surface area contributed by atoms with Crippen molar-refractivity contribution in [3.63, 3.8) is 0 Å². The lowest BCUT2D eigenvalue weighted by molar-refractivity contribution is -0.665. The first-order valence-corrected chi connectivity index (χ1v) is 8.90. The highest BCUT2D eigenvalue weighted by Gasteiger charge is 2.35. The molecule has 0 saturated carbocycles. The lowest BCUT2D eigenvalue weighted by Crippen LogP contribution is -2.86. The van der Waals surface area contributed by atoms with Gasteiger partial charge < -0.3 is 19.5 Å². The van der Waals surface area contributed by atoms with Crippen LogP contribution in [0.2, 0.25) is 0 Å². The third kappa shape index (κ3) is 5.49. The Morgan fingerprint density at radius 2 is 2.04 bits per heavy atom. The van der Waals surface area contributed by atoms with Crippen LogP contribution >= 0.6 is 0 Å². The molecule has 1 aromatic rings. The first-order valence-electron chi connectivity index (χ1n) is 8.90. The van der Waals surface area contributed by atoms with Crippen LogP contribution in [-0.2, 0) is 16.0 Å². The Morgan fingerprint density at radius 1 is 1.32 bits per heavy atom. The number of benzene rings is 1. The van der Waals surface area contributed by atoms with Gasteiger partial charge in [-0.3, -0.25) is 0 Å². The van der Waals surface area contributed by atoms with Crippen LogP contribution in [0, 0.1) is 5.92 Å². The molecule has 0 aliphatic carbocycles. The first kappa shape index (κ1) is 19.3. The molecular weight excluding hydrogens is 318 g/mol. The number of methoxy groups -OCH3 is 1. The molecular formula is C20H30NO4+. The summed E-state index contributed by atoms with van der Waals surface area (Å²) in [5.74, 6) is 1.19. The molecule has 1 heterocycles. The van der Waals surface area contributed by atoms with Gasteiger partial charge in [0, 0.05) is 18.8 Å². The third-order valence-corrected chi connectivity index (χ3v) is 4.75. The number of quaternary nitrogens is 1. The summed E-state index contributed by atoms with van der Waals surface area (Å²) in [4.78, 5) is 12.2. The first-order chi connectivity index (χ1) is 12.0. The smallest absolute Gasteiger partial charge is 0.344 e. The average Bonchev–Trinajstić information content (AvgIpc) is 2.61. The van der Waals surface area contributed by atoms with E-state index in [1.165, 1.54) is 0 Å². The van der Waals surface area contributed by atoms with Crippen LogP contribution in [-0.4, -0.2) is 38.4 Å². The summed E-state index contributed by atoms with van der Waals surface area (Å²) >= 11 is 0. The molecule has 5 heteroatoms. The molecule has 2 rings (SSSR count). The van der Waals surface area contributed by atoms with Crippen molar-refractivity contribution in [2.24, 2.45) is 5.92 Å². The minimum absolute atomic E-state index is 0.126. The summed E-state index contributed by atoms with van der Waals surface area (Å²) in [5, 5.41) is 2.31. The van der Waals surface area contributed by atoms with Crippen molar-refractivity contribution in [1.29, 1.82) is 0 Å².